The van der Waals surface area contributed by atoms with Crippen LogP contribution in [0, 0.1) is 0 Å². The smallest absolute Gasteiger partial charge is 0.252 e. The van der Waals surface area contributed by atoms with Crippen LogP contribution in [0.2, 0.25) is 5.02 Å². The predicted octanol–water partition coefficient (Wildman–Crippen LogP) is 2.67. The van der Waals surface area contributed by atoms with Crippen LogP contribution >= 0.6 is 11.6 Å². The number of nitrogens with one attached hydrogen (secondary N) is 2. The van der Waals surface area contributed by atoms with Crippen LogP contribution in [0.1, 0.15) is 35.6 Å². The molecule has 3 rings (SSSR count). The fraction of sp³-hybridized carbons (Fsp3) is 0.286. The summed E-state index contributed by atoms with van der Waals surface area (Å²) in [4.78, 5) is 19.5. The standard InChI is InChI=1S/C14H14ClN3O3/c1-2-10(13-16-3-4-17-13)18-14(19)8-5-9(15)12-11(6-8)20-7-21-12/h3-6,10H,2,7H2,1H3,(H,16,17)(H,18,19). The van der Waals surface area contributed by atoms with Gasteiger partial charge in [-0.25, -0.2) is 4.98 Å². The monoisotopic (exact) mass is 307 g/mol. The van der Waals surface area contributed by atoms with Gasteiger partial charge in [-0.2, -0.15) is 0 Å². The Morgan fingerprint density at radius 1 is 1.52 bits per heavy atom. The Morgan fingerprint density at radius 2 is 2.38 bits per heavy atom. The second kappa shape index (κ2) is 5.65. The Labute approximate surface area is 126 Å². The first-order valence-corrected chi connectivity index (χ1v) is 6.96. The predicted molar refractivity (Wildman–Crippen MR) is 76.7 cm³/mol. The topological polar surface area (TPSA) is 76.2 Å². The largest absolute Gasteiger partial charge is 0.454 e. The molecular weight excluding hydrogens is 294 g/mol. The number of nitrogens with zero attached hydrogens (tertiary/aromatic N) is 1. The minimum absolute atomic E-state index is 0.115. The lowest BCUT2D eigenvalue weighted by atomic mass is 10.1. The van der Waals surface area contributed by atoms with Gasteiger partial charge in [0.2, 0.25) is 6.79 Å². The van der Waals surface area contributed by atoms with Crippen LogP contribution in [0.15, 0.2) is 24.5 Å². The molecular formula is C14H14ClN3O3. The van der Waals surface area contributed by atoms with Crippen LogP contribution in [0.3, 0.4) is 0 Å². The van der Waals surface area contributed by atoms with Crippen molar-refractivity contribution in [1.82, 2.24) is 15.3 Å². The van der Waals surface area contributed by atoms with Gasteiger partial charge in [-0.15, -0.1) is 0 Å². The van der Waals surface area contributed by atoms with Crippen molar-refractivity contribution in [2.45, 2.75) is 19.4 Å². The molecule has 7 heteroatoms. The van der Waals surface area contributed by atoms with E-state index in [0.29, 0.717) is 22.1 Å². The molecule has 0 aliphatic carbocycles. The summed E-state index contributed by atoms with van der Waals surface area (Å²) in [5.41, 5.74) is 0.425. The molecule has 0 bridgehead atoms. The highest BCUT2D eigenvalue weighted by atomic mass is 35.5. The lowest BCUT2D eigenvalue weighted by Crippen LogP contribution is -2.28. The molecule has 1 aromatic carbocycles. The average Bonchev–Trinajstić information content (AvgIpc) is 3.15. The van der Waals surface area contributed by atoms with E-state index in [-0.39, 0.29) is 18.7 Å². The van der Waals surface area contributed by atoms with E-state index in [0.717, 1.165) is 12.2 Å². The van der Waals surface area contributed by atoms with Gasteiger partial charge in [0.15, 0.2) is 11.5 Å². The molecule has 0 fully saturated rings. The summed E-state index contributed by atoms with van der Waals surface area (Å²) < 4.78 is 10.5. The minimum atomic E-state index is -0.238. The first kappa shape index (κ1) is 13.8. The van der Waals surface area contributed by atoms with Crippen molar-refractivity contribution in [2.24, 2.45) is 0 Å². The number of hydrogen-bond donors (Lipinski definition) is 2. The minimum Gasteiger partial charge on any atom is -0.454 e. The van der Waals surface area contributed by atoms with Gasteiger partial charge in [0.05, 0.1) is 11.1 Å². The van der Waals surface area contributed by atoms with E-state index in [2.05, 4.69) is 15.3 Å². The number of aromatic nitrogens is 2. The number of aromatic amines is 1. The number of fused-ring (bicyclic) bond motifs is 1. The molecule has 1 aliphatic rings. The third-order valence-corrected chi connectivity index (χ3v) is 3.53. The van der Waals surface area contributed by atoms with E-state index in [1.807, 2.05) is 6.92 Å². The second-order valence-electron chi connectivity index (χ2n) is 4.60. The highest BCUT2D eigenvalue weighted by Crippen LogP contribution is 2.39. The Bertz CT molecular complexity index is 658. The average molecular weight is 308 g/mol. The van der Waals surface area contributed by atoms with Crippen LogP contribution in [0.25, 0.3) is 0 Å². The fourth-order valence-corrected chi connectivity index (χ4v) is 2.44. The van der Waals surface area contributed by atoms with Crippen LogP contribution in [0.5, 0.6) is 11.5 Å². The van der Waals surface area contributed by atoms with Crippen molar-refractivity contribution in [3.8, 4) is 11.5 Å². The molecule has 1 aliphatic heterocycles. The normalized spacial score (nSPS) is 14.0. The van der Waals surface area contributed by atoms with Gasteiger partial charge >= 0.3 is 0 Å². The summed E-state index contributed by atoms with van der Waals surface area (Å²) in [7, 11) is 0. The molecule has 1 aromatic heterocycles. The first-order chi connectivity index (χ1) is 10.2. The SMILES string of the molecule is CCC(NC(=O)c1cc(Cl)c2c(c1)OCO2)c1ncc[nH]1. The maximum Gasteiger partial charge on any atom is 0.252 e. The van der Waals surface area contributed by atoms with Crippen molar-refractivity contribution < 1.29 is 14.3 Å². The summed E-state index contributed by atoms with van der Waals surface area (Å²) in [6.45, 7) is 2.09. The first-order valence-electron chi connectivity index (χ1n) is 6.58. The summed E-state index contributed by atoms with van der Waals surface area (Å²) in [6, 6.07) is 3.01. The van der Waals surface area contributed by atoms with E-state index in [1.54, 1.807) is 24.5 Å². The van der Waals surface area contributed by atoms with Crippen molar-refractivity contribution in [3.63, 3.8) is 0 Å². The lowest BCUT2D eigenvalue weighted by Gasteiger charge is -2.15. The summed E-state index contributed by atoms with van der Waals surface area (Å²) in [5.74, 6) is 1.45. The Kier molecular flexibility index (Phi) is 3.70. The molecule has 21 heavy (non-hydrogen) atoms. The van der Waals surface area contributed by atoms with E-state index in [1.165, 1.54) is 0 Å². The molecule has 1 atom stereocenters. The number of amides is 1. The molecule has 2 N–H and O–H groups in total. The van der Waals surface area contributed by atoms with Gasteiger partial charge in [0.1, 0.15) is 5.82 Å². The van der Waals surface area contributed by atoms with Gasteiger partial charge in [-0.1, -0.05) is 18.5 Å². The van der Waals surface area contributed by atoms with Crippen molar-refractivity contribution in [3.05, 3.63) is 40.9 Å². The van der Waals surface area contributed by atoms with E-state index in [4.69, 9.17) is 21.1 Å². The van der Waals surface area contributed by atoms with Crippen LogP contribution in [0.4, 0.5) is 0 Å². The molecule has 6 nitrogen and oxygen atoms in total. The highest BCUT2D eigenvalue weighted by Gasteiger charge is 2.22. The maximum absolute atomic E-state index is 12.4. The number of rotatable bonds is 4. The number of benzene rings is 1. The quantitative estimate of drug-likeness (QED) is 0.910. The van der Waals surface area contributed by atoms with Gasteiger partial charge < -0.3 is 19.8 Å². The van der Waals surface area contributed by atoms with E-state index in [9.17, 15) is 4.79 Å². The Balaban J connectivity index is 1.81. The third kappa shape index (κ3) is 2.67. The number of H-pyrrole nitrogens is 1. The molecule has 0 radical (unpaired) electrons. The van der Waals surface area contributed by atoms with E-state index < -0.39 is 0 Å². The highest BCUT2D eigenvalue weighted by molar-refractivity contribution is 6.32. The molecule has 110 valence electrons. The summed E-state index contributed by atoms with van der Waals surface area (Å²) >= 11 is 6.09. The van der Waals surface area contributed by atoms with Crippen LogP contribution < -0.4 is 14.8 Å². The molecule has 2 heterocycles. The van der Waals surface area contributed by atoms with Crippen LogP contribution in [-0.4, -0.2) is 22.7 Å². The molecule has 0 saturated heterocycles. The number of hydrogen-bond acceptors (Lipinski definition) is 4. The zero-order chi connectivity index (χ0) is 14.8. The number of carbonyl (C=O) groups is 1. The Hall–Kier alpha value is -2.21. The molecule has 0 spiro atoms. The lowest BCUT2D eigenvalue weighted by molar-refractivity contribution is 0.0933. The molecule has 1 amide bonds. The number of carbonyl (C=O) groups excluding carboxylic acids is 1. The Morgan fingerprint density at radius 3 is 3.10 bits per heavy atom. The van der Waals surface area contributed by atoms with Gasteiger partial charge in [0, 0.05) is 18.0 Å². The number of imidazole rings is 1. The zero-order valence-corrected chi connectivity index (χ0v) is 12.1. The van der Waals surface area contributed by atoms with Crippen molar-refractivity contribution in [2.75, 3.05) is 6.79 Å². The number of halogens is 1. The molecule has 2 aromatic rings. The fourth-order valence-electron chi connectivity index (χ4n) is 2.17. The third-order valence-electron chi connectivity index (χ3n) is 3.25. The van der Waals surface area contributed by atoms with Crippen LogP contribution in [-0.2, 0) is 0 Å². The molecule has 0 saturated carbocycles. The van der Waals surface area contributed by atoms with Gasteiger partial charge in [0.25, 0.3) is 5.91 Å². The van der Waals surface area contributed by atoms with E-state index >= 15 is 0 Å². The second-order valence-corrected chi connectivity index (χ2v) is 5.01. The van der Waals surface area contributed by atoms with Crippen molar-refractivity contribution in [1.29, 1.82) is 0 Å². The number of ether oxygens (including phenoxy) is 2. The summed E-state index contributed by atoms with van der Waals surface area (Å²) in [6.07, 6.45) is 4.10. The zero-order valence-electron chi connectivity index (χ0n) is 11.4. The summed E-state index contributed by atoms with van der Waals surface area (Å²) in [5, 5.41) is 3.28. The van der Waals surface area contributed by atoms with Crippen molar-refractivity contribution >= 4 is 17.5 Å². The van der Waals surface area contributed by atoms with Gasteiger partial charge in [-0.3, -0.25) is 4.79 Å². The maximum atomic E-state index is 12.4. The van der Waals surface area contributed by atoms with Gasteiger partial charge in [-0.05, 0) is 18.6 Å². The molecule has 1 unspecified atom stereocenters.